The van der Waals surface area contributed by atoms with Crippen molar-refractivity contribution in [2.45, 2.75) is 6.18 Å². The minimum atomic E-state index is -4.43. The van der Waals surface area contributed by atoms with Gasteiger partial charge in [0.1, 0.15) is 11.4 Å². The van der Waals surface area contributed by atoms with Crippen LogP contribution in [0.25, 0.3) is 0 Å². The average Bonchev–Trinajstić information content (AvgIpc) is 3.04. The summed E-state index contributed by atoms with van der Waals surface area (Å²) in [4.78, 5) is 25.6. The smallest absolute Gasteiger partial charge is 0.416 e. The van der Waals surface area contributed by atoms with Crippen LogP contribution in [-0.2, 0) is 11.0 Å². The van der Waals surface area contributed by atoms with Crippen molar-refractivity contribution in [3.8, 4) is 5.75 Å². The zero-order valence-electron chi connectivity index (χ0n) is 11.6. The van der Waals surface area contributed by atoms with E-state index in [0.717, 1.165) is 24.3 Å². The van der Waals surface area contributed by atoms with Crippen molar-refractivity contribution in [1.82, 2.24) is 15.8 Å². The van der Waals surface area contributed by atoms with E-state index in [0.29, 0.717) is 0 Å². The van der Waals surface area contributed by atoms with E-state index < -0.39 is 30.2 Å². The van der Waals surface area contributed by atoms with Crippen molar-refractivity contribution < 1.29 is 27.5 Å². The van der Waals surface area contributed by atoms with Crippen LogP contribution in [0.3, 0.4) is 0 Å². The first-order chi connectivity index (χ1) is 10.9. The van der Waals surface area contributed by atoms with Crippen LogP contribution in [-0.4, -0.2) is 23.4 Å². The minimum Gasteiger partial charge on any atom is -0.484 e. The molecule has 0 bridgehead atoms. The van der Waals surface area contributed by atoms with Gasteiger partial charge in [0.2, 0.25) is 0 Å². The number of aromatic nitrogens is 1. The van der Waals surface area contributed by atoms with Gasteiger partial charge in [-0.3, -0.25) is 20.4 Å². The molecule has 1 aromatic heterocycles. The predicted molar refractivity (Wildman–Crippen MR) is 73.3 cm³/mol. The van der Waals surface area contributed by atoms with E-state index in [9.17, 15) is 22.8 Å². The normalized spacial score (nSPS) is 10.9. The van der Waals surface area contributed by atoms with Crippen molar-refractivity contribution in [2.24, 2.45) is 0 Å². The third kappa shape index (κ3) is 4.77. The summed E-state index contributed by atoms with van der Waals surface area (Å²) in [7, 11) is 0. The Balaban J connectivity index is 1.77. The van der Waals surface area contributed by atoms with Crippen LogP contribution in [0.15, 0.2) is 42.6 Å². The van der Waals surface area contributed by atoms with Crippen molar-refractivity contribution >= 4 is 11.8 Å². The molecule has 3 N–H and O–H groups in total. The highest BCUT2D eigenvalue weighted by Gasteiger charge is 2.30. The number of H-pyrrole nitrogens is 1. The van der Waals surface area contributed by atoms with E-state index in [4.69, 9.17) is 4.74 Å². The van der Waals surface area contributed by atoms with Crippen LogP contribution in [0, 0.1) is 0 Å². The number of alkyl halides is 3. The lowest BCUT2D eigenvalue weighted by Gasteiger charge is -2.10. The fourth-order valence-corrected chi connectivity index (χ4v) is 1.59. The fourth-order valence-electron chi connectivity index (χ4n) is 1.59. The van der Waals surface area contributed by atoms with Gasteiger partial charge in [0.15, 0.2) is 6.61 Å². The van der Waals surface area contributed by atoms with Gasteiger partial charge in [-0.15, -0.1) is 0 Å². The Morgan fingerprint density at radius 3 is 2.35 bits per heavy atom. The molecule has 0 aliphatic heterocycles. The molecule has 0 radical (unpaired) electrons. The summed E-state index contributed by atoms with van der Waals surface area (Å²) in [6.07, 6.45) is -2.89. The number of halogens is 3. The third-order valence-electron chi connectivity index (χ3n) is 2.71. The Hall–Kier alpha value is -2.97. The monoisotopic (exact) mass is 327 g/mol. The highest BCUT2D eigenvalue weighted by Crippen LogP contribution is 2.30. The predicted octanol–water partition coefficient (Wildman–Crippen LogP) is 1.87. The molecular formula is C14H12F3N3O3. The molecule has 2 amide bonds. The number of aromatic amines is 1. The number of ether oxygens (including phenoxy) is 1. The lowest BCUT2D eigenvalue weighted by Crippen LogP contribution is -2.43. The molecule has 0 aliphatic carbocycles. The number of carbonyl (C=O) groups excluding carboxylic acids is 2. The Kier molecular flexibility index (Phi) is 4.89. The zero-order chi connectivity index (χ0) is 16.9. The molecular weight excluding hydrogens is 315 g/mol. The van der Waals surface area contributed by atoms with Crippen LogP contribution in [0.1, 0.15) is 16.1 Å². The summed E-state index contributed by atoms with van der Waals surface area (Å²) in [5.74, 6) is -1.11. The molecule has 9 heteroatoms. The van der Waals surface area contributed by atoms with Gasteiger partial charge in [-0.05, 0) is 36.4 Å². The van der Waals surface area contributed by atoms with Gasteiger partial charge in [-0.25, -0.2) is 0 Å². The number of hydrogen-bond donors (Lipinski definition) is 3. The Morgan fingerprint density at radius 2 is 1.78 bits per heavy atom. The van der Waals surface area contributed by atoms with Crippen molar-refractivity contribution in [3.63, 3.8) is 0 Å². The van der Waals surface area contributed by atoms with Crippen molar-refractivity contribution in [3.05, 3.63) is 53.9 Å². The fraction of sp³-hybridized carbons (Fsp3) is 0.143. The first-order valence-corrected chi connectivity index (χ1v) is 6.39. The maximum absolute atomic E-state index is 12.4. The summed E-state index contributed by atoms with van der Waals surface area (Å²) < 4.78 is 42.2. The second-order valence-electron chi connectivity index (χ2n) is 4.40. The number of rotatable bonds is 4. The standard InChI is InChI=1S/C14H12F3N3O3/c15-14(16,17)9-3-5-10(6-4-9)23-8-12(21)19-20-13(22)11-2-1-7-18-11/h1-7,18H,8H2,(H,19,21)(H,20,22). The van der Waals surface area contributed by atoms with E-state index in [-0.39, 0.29) is 11.4 Å². The molecule has 0 saturated carbocycles. The van der Waals surface area contributed by atoms with Crippen LogP contribution in [0.4, 0.5) is 13.2 Å². The molecule has 0 unspecified atom stereocenters. The van der Waals surface area contributed by atoms with E-state index in [2.05, 4.69) is 15.8 Å². The van der Waals surface area contributed by atoms with E-state index in [1.54, 1.807) is 12.3 Å². The van der Waals surface area contributed by atoms with Crippen molar-refractivity contribution in [2.75, 3.05) is 6.61 Å². The van der Waals surface area contributed by atoms with Crippen LogP contribution in [0.5, 0.6) is 5.75 Å². The summed E-state index contributed by atoms with van der Waals surface area (Å²) in [6.45, 7) is -0.462. The van der Waals surface area contributed by atoms with Gasteiger partial charge < -0.3 is 9.72 Å². The second kappa shape index (κ2) is 6.86. The molecule has 0 aliphatic rings. The highest BCUT2D eigenvalue weighted by molar-refractivity contribution is 5.93. The van der Waals surface area contributed by atoms with Gasteiger partial charge in [0.25, 0.3) is 11.8 Å². The lowest BCUT2D eigenvalue weighted by molar-refractivity contribution is -0.137. The molecule has 2 aromatic rings. The molecule has 0 saturated heterocycles. The van der Waals surface area contributed by atoms with Crippen LogP contribution < -0.4 is 15.6 Å². The van der Waals surface area contributed by atoms with Gasteiger partial charge in [0, 0.05) is 6.20 Å². The maximum Gasteiger partial charge on any atom is 0.416 e. The summed E-state index contributed by atoms with van der Waals surface area (Å²) in [5, 5.41) is 0. The largest absolute Gasteiger partial charge is 0.484 e. The molecule has 6 nitrogen and oxygen atoms in total. The summed E-state index contributed by atoms with van der Waals surface area (Å²) in [5.41, 5.74) is 3.71. The summed E-state index contributed by atoms with van der Waals surface area (Å²) in [6, 6.07) is 7.03. The molecule has 23 heavy (non-hydrogen) atoms. The minimum absolute atomic E-state index is 0.101. The molecule has 1 aromatic carbocycles. The number of carbonyl (C=O) groups is 2. The quantitative estimate of drug-likeness (QED) is 0.750. The lowest BCUT2D eigenvalue weighted by atomic mass is 10.2. The molecule has 0 spiro atoms. The third-order valence-corrected chi connectivity index (χ3v) is 2.71. The number of benzene rings is 1. The van der Waals surface area contributed by atoms with E-state index >= 15 is 0 Å². The van der Waals surface area contributed by atoms with Gasteiger partial charge in [-0.1, -0.05) is 0 Å². The van der Waals surface area contributed by atoms with E-state index in [1.165, 1.54) is 6.07 Å². The Bertz CT molecular complexity index is 667. The Labute approximate surface area is 128 Å². The van der Waals surface area contributed by atoms with Crippen LogP contribution >= 0.6 is 0 Å². The highest BCUT2D eigenvalue weighted by atomic mass is 19.4. The Morgan fingerprint density at radius 1 is 1.09 bits per heavy atom. The average molecular weight is 327 g/mol. The number of nitrogens with one attached hydrogen (secondary N) is 3. The van der Waals surface area contributed by atoms with Gasteiger partial charge >= 0.3 is 6.18 Å². The molecule has 122 valence electrons. The van der Waals surface area contributed by atoms with Crippen LogP contribution in [0.2, 0.25) is 0 Å². The number of hydrogen-bond acceptors (Lipinski definition) is 3. The van der Waals surface area contributed by atoms with Gasteiger partial charge in [-0.2, -0.15) is 13.2 Å². The van der Waals surface area contributed by atoms with Gasteiger partial charge in [0.05, 0.1) is 5.56 Å². The molecule has 0 fully saturated rings. The topological polar surface area (TPSA) is 83.2 Å². The first kappa shape index (κ1) is 16.4. The molecule has 2 rings (SSSR count). The maximum atomic E-state index is 12.4. The molecule has 0 atom stereocenters. The SMILES string of the molecule is O=C(COc1ccc(C(F)(F)F)cc1)NNC(=O)c1ccc[nH]1. The first-order valence-electron chi connectivity index (χ1n) is 6.39. The second-order valence-corrected chi connectivity index (χ2v) is 4.40. The summed E-state index contributed by atoms with van der Waals surface area (Å²) >= 11 is 0. The van der Waals surface area contributed by atoms with Crippen molar-refractivity contribution in [1.29, 1.82) is 0 Å². The van der Waals surface area contributed by atoms with E-state index in [1.807, 2.05) is 0 Å². The number of amides is 2. The number of hydrazine groups is 1. The zero-order valence-corrected chi connectivity index (χ0v) is 11.6. The molecule has 1 heterocycles.